The summed E-state index contributed by atoms with van der Waals surface area (Å²) in [6, 6.07) is 6.12. The van der Waals surface area contributed by atoms with Gasteiger partial charge in [0.25, 0.3) is 0 Å². The van der Waals surface area contributed by atoms with E-state index in [9.17, 15) is 9.18 Å². The number of benzene rings is 1. The molecule has 0 aliphatic carbocycles. The Morgan fingerprint density at radius 1 is 1.52 bits per heavy atom. The Balaban J connectivity index is 2.15. The van der Waals surface area contributed by atoms with E-state index in [-0.39, 0.29) is 12.4 Å². The molecule has 6 nitrogen and oxygen atoms in total. The van der Waals surface area contributed by atoms with Crippen molar-refractivity contribution < 1.29 is 13.9 Å². The Labute approximate surface area is 137 Å². The standard InChI is InChI=1S/C15H17FN4O2S/c1-3-8-20-13(9-22-12-7-5-4-6-11(12)16)18-19-15(20)23-10(2)14(17)21/h3-7,10H,1,8-9H2,2H3,(H2,17,21). The number of nitrogens with zero attached hydrogens (tertiary/aromatic N) is 3. The van der Waals surface area contributed by atoms with E-state index in [4.69, 9.17) is 10.5 Å². The summed E-state index contributed by atoms with van der Waals surface area (Å²) in [7, 11) is 0. The number of para-hydroxylation sites is 1. The number of rotatable bonds is 8. The first-order chi connectivity index (χ1) is 11.0. The van der Waals surface area contributed by atoms with Crippen molar-refractivity contribution in [1.82, 2.24) is 14.8 Å². The molecule has 1 aromatic heterocycles. The van der Waals surface area contributed by atoms with E-state index in [1.807, 2.05) is 0 Å². The van der Waals surface area contributed by atoms with Gasteiger partial charge in [0, 0.05) is 6.54 Å². The number of halogens is 1. The van der Waals surface area contributed by atoms with Crippen LogP contribution in [0.5, 0.6) is 5.75 Å². The van der Waals surface area contributed by atoms with Gasteiger partial charge < -0.3 is 10.5 Å². The number of nitrogens with two attached hydrogens (primary N) is 1. The summed E-state index contributed by atoms with van der Waals surface area (Å²) in [5.74, 6) is -0.237. The van der Waals surface area contributed by atoms with Crippen molar-refractivity contribution in [3.63, 3.8) is 0 Å². The molecular formula is C15H17FN4O2S. The summed E-state index contributed by atoms with van der Waals surface area (Å²) < 4.78 is 20.8. The largest absolute Gasteiger partial charge is 0.483 e. The lowest BCUT2D eigenvalue weighted by molar-refractivity contribution is -0.117. The molecule has 2 rings (SSSR count). The number of thioether (sulfide) groups is 1. The van der Waals surface area contributed by atoms with Crippen LogP contribution in [-0.4, -0.2) is 25.9 Å². The van der Waals surface area contributed by atoms with Gasteiger partial charge in [0.1, 0.15) is 6.61 Å². The fourth-order valence-electron chi connectivity index (χ4n) is 1.75. The van der Waals surface area contributed by atoms with E-state index in [2.05, 4.69) is 16.8 Å². The maximum absolute atomic E-state index is 13.6. The first kappa shape index (κ1) is 17.0. The Hall–Kier alpha value is -2.35. The van der Waals surface area contributed by atoms with Gasteiger partial charge in [-0.15, -0.1) is 16.8 Å². The fraction of sp³-hybridized carbons (Fsp3) is 0.267. The molecule has 0 aliphatic heterocycles. The summed E-state index contributed by atoms with van der Waals surface area (Å²) in [6.07, 6.45) is 1.68. The molecular weight excluding hydrogens is 319 g/mol. The van der Waals surface area contributed by atoms with Gasteiger partial charge in [0.05, 0.1) is 5.25 Å². The van der Waals surface area contributed by atoms with Gasteiger partial charge in [-0.05, 0) is 19.1 Å². The van der Waals surface area contributed by atoms with Crippen LogP contribution in [0.25, 0.3) is 0 Å². The number of amides is 1. The van der Waals surface area contributed by atoms with Crippen LogP contribution in [0.1, 0.15) is 12.7 Å². The molecule has 2 aromatic rings. The van der Waals surface area contributed by atoms with E-state index < -0.39 is 17.0 Å². The van der Waals surface area contributed by atoms with E-state index in [1.54, 1.807) is 29.7 Å². The van der Waals surface area contributed by atoms with Crippen molar-refractivity contribution in [2.45, 2.75) is 30.5 Å². The van der Waals surface area contributed by atoms with Crippen LogP contribution in [0.3, 0.4) is 0 Å². The second-order valence-corrected chi connectivity index (χ2v) is 5.99. The number of carbonyl (C=O) groups excluding carboxylic acids is 1. The number of aromatic nitrogens is 3. The minimum atomic E-state index is -0.445. The second kappa shape index (κ2) is 7.77. The molecule has 1 heterocycles. The molecule has 1 unspecified atom stereocenters. The van der Waals surface area contributed by atoms with Gasteiger partial charge in [-0.1, -0.05) is 30.0 Å². The minimum Gasteiger partial charge on any atom is -0.483 e. The van der Waals surface area contributed by atoms with Crippen LogP contribution in [-0.2, 0) is 17.9 Å². The quantitative estimate of drug-likeness (QED) is 0.590. The zero-order valence-electron chi connectivity index (χ0n) is 12.6. The number of ether oxygens (including phenoxy) is 1. The van der Waals surface area contributed by atoms with Crippen LogP contribution in [0.15, 0.2) is 42.1 Å². The summed E-state index contributed by atoms with van der Waals surface area (Å²) in [5, 5.41) is 8.16. The summed E-state index contributed by atoms with van der Waals surface area (Å²) in [6.45, 7) is 5.87. The summed E-state index contributed by atoms with van der Waals surface area (Å²) in [4.78, 5) is 11.2. The van der Waals surface area contributed by atoms with E-state index in [1.165, 1.54) is 23.9 Å². The topological polar surface area (TPSA) is 83.0 Å². The fourth-order valence-corrected chi connectivity index (χ4v) is 2.57. The number of hydrogen-bond acceptors (Lipinski definition) is 5. The molecule has 0 bridgehead atoms. The van der Waals surface area contributed by atoms with E-state index in [0.717, 1.165) is 0 Å². The van der Waals surface area contributed by atoms with Crippen LogP contribution in [0.2, 0.25) is 0 Å². The van der Waals surface area contributed by atoms with Crippen LogP contribution >= 0.6 is 11.8 Å². The van der Waals surface area contributed by atoms with Crippen molar-refractivity contribution in [1.29, 1.82) is 0 Å². The Kier molecular flexibility index (Phi) is 5.75. The maximum atomic E-state index is 13.6. The molecule has 122 valence electrons. The van der Waals surface area contributed by atoms with Crippen molar-refractivity contribution in [2.24, 2.45) is 5.73 Å². The zero-order valence-corrected chi connectivity index (χ0v) is 13.4. The van der Waals surface area contributed by atoms with Crippen LogP contribution in [0.4, 0.5) is 4.39 Å². The normalized spacial score (nSPS) is 11.9. The molecule has 0 radical (unpaired) electrons. The molecule has 23 heavy (non-hydrogen) atoms. The highest BCUT2D eigenvalue weighted by molar-refractivity contribution is 8.00. The lowest BCUT2D eigenvalue weighted by atomic mass is 10.3. The number of primary amides is 1. The molecule has 8 heteroatoms. The first-order valence-corrected chi connectivity index (χ1v) is 7.77. The van der Waals surface area contributed by atoms with Gasteiger partial charge in [-0.25, -0.2) is 4.39 Å². The Morgan fingerprint density at radius 3 is 2.91 bits per heavy atom. The molecule has 0 spiro atoms. The molecule has 1 aromatic carbocycles. The van der Waals surface area contributed by atoms with Crippen molar-refractivity contribution in [3.05, 3.63) is 48.6 Å². The predicted molar refractivity (Wildman–Crippen MR) is 85.5 cm³/mol. The van der Waals surface area contributed by atoms with E-state index in [0.29, 0.717) is 17.5 Å². The molecule has 0 aliphatic rings. The lowest BCUT2D eigenvalue weighted by Gasteiger charge is -2.11. The lowest BCUT2D eigenvalue weighted by Crippen LogP contribution is -2.23. The highest BCUT2D eigenvalue weighted by atomic mass is 32.2. The van der Waals surface area contributed by atoms with Crippen molar-refractivity contribution in [3.8, 4) is 5.75 Å². The van der Waals surface area contributed by atoms with Crippen LogP contribution in [0, 0.1) is 5.82 Å². The van der Waals surface area contributed by atoms with Crippen LogP contribution < -0.4 is 10.5 Å². The smallest absolute Gasteiger partial charge is 0.230 e. The predicted octanol–water partition coefficient (Wildman–Crippen LogP) is 2.15. The number of hydrogen-bond donors (Lipinski definition) is 1. The molecule has 0 fully saturated rings. The highest BCUT2D eigenvalue weighted by Gasteiger charge is 2.18. The average Bonchev–Trinajstić information content (AvgIpc) is 2.89. The number of allylic oxidation sites excluding steroid dienone is 1. The van der Waals surface area contributed by atoms with Gasteiger partial charge in [0.2, 0.25) is 5.91 Å². The SMILES string of the molecule is C=CCn1c(COc2ccccc2F)nnc1SC(C)C(N)=O. The number of carbonyl (C=O) groups is 1. The Morgan fingerprint density at radius 2 is 2.26 bits per heavy atom. The van der Waals surface area contributed by atoms with Gasteiger partial charge in [0.15, 0.2) is 22.5 Å². The average molecular weight is 336 g/mol. The third-order valence-corrected chi connectivity index (χ3v) is 4.08. The summed E-state index contributed by atoms with van der Waals surface area (Å²) in [5.41, 5.74) is 5.26. The second-order valence-electron chi connectivity index (χ2n) is 4.68. The maximum Gasteiger partial charge on any atom is 0.230 e. The molecule has 1 atom stereocenters. The summed E-state index contributed by atoms with van der Waals surface area (Å²) >= 11 is 1.20. The molecule has 0 saturated heterocycles. The van der Waals surface area contributed by atoms with E-state index >= 15 is 0 Å². The van der Waals surface area contributed by atoms with Crippen molar-refractivity contribution in [2.75, 3.05) is 0 Å². The van der Waals surface area contributed by atoms with Gasteiger partial charge >= 0.3 is 0 Å². The Bertz CT molecular complexity index is 705. The molecule has 0 saturated carbocycles. The molecule has 2 N–H and O–H groups in total. The monoisotopic (exact) mass is 336 g/mol. The highest BCUT2D eigenvalue weighted by Crippen LogP contribution is 2.23. The third kappa shape index (κ3) is 4.32. The van der Waals surface area contributed by atoms with Crippen molar-refractivity contribution >= 4 is 17.7 Å². The van der Waals surface area contributed by atoms with Gasteiger partial charge in [-0.2, -0.15) is 0 Å². The first-order valence-electron chi connectivity index (χ1n) is 6.89. The van der Waals surface area contributed by atoms with Gasteiger partial charge in [-0.3, -0.25) is 9.36 Å². The molecule has 1 amide bonds. The zero-order chi connectivity index (χ0) is 16.8. The minimum absolute atomic E-state index is 0.0489. The third-order valence-electron chi connectivity index (χ3n) is 2.98.